The lowest BCUT2D eigenvalue weighted by molar-refractivity contribution is 0.0825. The van der Waals surface area contributed by atoms with Gasteiger partial charge in [0.15, 0.2) is 28.6 Å². The first kappa shape index (κ1) is 18.0. The molecule has 8 heteroatoms. The number of rotatable bonds is 6. The number of aromatic nitrogens is 3. The topological polar surface area (TPSA) is 58.4 Å². The van der Waals surface area contributed by atoms with Crippen LogP contribution in [0.2, 0.25) is 5.02 Å². The fraction of sp³-hybridized carbons (Fsp3) is 0.263. The number of thioether (sulfide) groups is 1. The van der Waals surface area contributed by atoms with Crippen LogP contribution in [0.1, 0.15) is 11.9 Å². The van der Waals surface area contributed by atoms with E-state index >= 15 is 0 Å². The Bertz CT molecular complexity index is 917. The smallest absolute Gasteiger partial charge is 0.192 e. The zero-order chi connectivity index (χ0) is 18.6. The van der Waals surface area contributed by atoms with Gasteiger partial charge in [-0.1, -0.05) is 35.5 Å². The summed E-state index contributed by atoms with van der Waals surface area (Å²) in [5, 5.41) is 10.1. The predicted octanol–water partition coefficient (Wildman–Crippen LogP) is 4.15. The summed E-state index contributed by atoms with van der Waals surface area (Å²) < 4.78 is 19.4. The second kappa shape index (κ2) is 8.10. The number of ether oxygens (including phenoxy) is 3. The van der Waals surface area contributed by atoms with Gasteiger partial charge >= 0.3 is 0 Å². The third-order valence-electron chi connectivity index (χ3n) is 4.06. The average molecular weight is 404 g/mol. The molecule has 0 bridgehead atoms. The molecule has 0 aliphatic carbocycles. The van der Waals surface area contributed by atoms with Crippen LogP contribution in [0.4, 0.5) is 0 Å². The van der Waals surface area contributed by atoms with Crippen LogP contribution in [0.25, 0.3) is 0 Å². The van der Waals surface area contributed by atoms with E-state index in [1.54, 1.807) is 11.8 Å². The molecule has 3 aromatic rings. The Hall–Kier alpha value is -2.38. The normalized spacial score (nSPS) is 15.6. The molecule has 2 aromatic carbocycles. The Labute approximate surface area is 166 Å². The summed E-state index contributed by atoms with van der Waals surface area (Å²) in [6, 6.07) is 14.9. The number of fused-ring (bicyclic) bond motifs is 1. The van der Waals surface area contributed by atoms with Gasteiger partial charge in [0.1, 0.15) is 12.4 Å². The average Bonchev–Trinajstić information content (AvgIpc) is 3.07. The molecule has 1 aromatic heterocycles. The summed E-state index contributed by atoms with van der Waals surface area (Å²) in [5.41, 5.74) is 0. The van der Waals surface area contributed by atoms with Crippen LogP contribution in [0.3, 0.4) is 0 Å². The van der Waals surface area contributed by atoms with E-state index in [0.717, 1.165) is 34.0 Å². The Balaban J connectivity index is 1.33. The molecule has 0 saturated carbocycles. The largest absolute Gasteiger partial charge is 0.493 e. The van der Waals surface area contributed by atoms with Gasteiger partial charge < -0.3 is 18.8 Å². The third-order valence-corrected chi connectivity index (χ3v) is 5.30. The highest BCUT2D eigenvalue weighted by Crippen LogP contribution is 2.35. The van der Waals surface area contributed by atoms with Crippen molar-refractivity contribution in [3.63, 3.8) is 0 Å². The molecule has 140 valence electrons. The molecule has 1 atom stereocenters. The van der Waals surface area contributed by atoms with E-state index in [1.165, 1.54) is 0 Å². The van der Waals surface area contributed by atoms with E-state index in [9.17, 15) is 0 Å². The number of benzene rings is 2. The van der Waals surface area contributed by atoms with Gasteiger partial charge in [0.25, 0.3) is 0 Å². The van der Waals surface area contributed by atoms with E-state index in [0.29, 0.717) is 18.2 Å². The van der Waals surface area contributed by atoms with E-state index < -0.39 is 0 Å². The monoisotopic (exact) mass is 403 g/mol. The van der Waals surface area contributed by atoms with E-state index in [-0.39, 0.29) is 6.10 Å². The highest BCUT2D eigenvalue weighted by molar-refractivity contribution is 7.99. The van der Waals surface area contributed by atoms with Crippen molar-refractivity contribution in [2.75, 3.05) is 19.0 Å². The second-order valence-corrected chi connectivity index (χ2v) is 7.41. The maximum absolute atomic E-state index is 6.01. The van der Waals surface area contributed by atoms with Gasteiger partial charge in [-0.25, -0.2) is 0 Å². The van der Waals surface area contributed by atoms with Crippen molar-refractivity contribution in [1.29, 1.82) is 0 Å². The van der Waals surface area contributed by atoms with Gasteiger partial charge in [-0.05, 0) is 36.4 Å². The molecule has 6 nitrogen and oxygen atoms in total. The number of hydrogen-bond donors (Lipinski definition) is 0. The fourth-order valence-corrected chi connectivity index (χ4v) is 3.56. The maximum Gasteiger partial charge on any atom is 0.192 e. The molecule has 4 rings (SSSR count). The summed E-state index contributed by atoms with van der Waals surface area (Å²) in [6.07, 6.45) is -0.280. The molecule has 1 aliphatic heterocycles. The van der Waals surface area contributed by atoms with Crippen molar-refractivity contribution in [2.24, 2.45) is 7.05 Å². The van der Waals surface area contributed by atoms with Crippen LogP contribution in [0, 0.1) is 0 Å². The fourth-order valence-electron chi connectivity index (χ4n) is 2.70. The van der Waals surface area contributed by atoms with E-state index in [1.807, 2.05) is 60.1 Å². The third kappa shape index (κ3) is 4.14. The maximum atomic E-state index is 6.01. The van der Waals surface area contributed by atoms with Gasteiger partial charge in [-0.2, -0.15) is 0 Å². The summed E-state index contributed by atoms with van der Waals surface area (Å²) >= 11 is 7.45. The lowest BCUT2D eigenvalue weighted by Crippen LogP contribution is -2.24. The molecule has 1 aliphatic rings. The number of para-hydroxylation sites is 2. The quantitative estimate of drug-likeness (QED) is 0.455. The summed E-state index contributed by atoms with van der Waals surface area (Å²) in [6.45, 7) is 0.970. The zero-order valence-electron chi connectivity index (χ0n) is 14.7. The van der Waals surface area contributed by atoms with Gasteiger partial charge in [-0.15, -0.1) is 10.2 Å². The van der Waals surface area contributed by atoms with Crippen molar-refractivity contribution in [3.8, 4) is 17.2 Å². The standard InChI is InChI=1S/C19H18ClN3O3S/c1-23-18(17-12-25-15-4-2-3-5-16(15)26-17)21-22-19(23)27-11-10-24-14-8-6-13(20)7-9-14/h2-9,17H,10-12H2,1H3. The van der Waals surface area contributed by atoms with Crippen LogP contribution in [-0.4, -0.2) is 33.7 Å². The van der Waals surface area contributed by atoms with Gasteiger partial charge in [0.2, 0.25) is 0 Å². The summed E-state index contributed by atoms with van der Waals surface area (Å²) in [4.78, 5) is 0. The Morgan fingerprint density at radius 2 is 1.93 bits per heavy atom. The Kier molecular flexibility index (Phi) is 5.40. The van der Waals surface area contributed by atoms with Crippen LogP contribution in [-0.2, 0) is 7.05 Å². The lowest BCUT2D eigenvalue weighted by atomic mass is 10.2. The molecular formula is C19H18ClN3O3S. The summed E-state index contributed by atoms with van der Waals surface area (Å²) in [5.74, 6) is 3.77. The molecule has 0 fully saturated rings. The van der Waals surface area contributed by atoms with Crippen LogP contribution in [0.5, 0.6) is 17.2 Å². The van der Waals surface area contributed by atoms with Crippen LogP contribution >= 0.6 is 23.4 Å². The minimum Gasteiger partial charge on any atom is -0.493 e. The van der Waals surface area contributed by atoms with Crippen LogP contribution < -0.4 is 14.2 Å². The van der Waals surface area contributed by atoms with E-state index in [4.69, 9.17) is 25.8 Å². The number of halogens is 1. The van der Waals surface area contributed by atoms with Crippen molar-refractivity contribution in [1.82, 2.24) is 14.8 Å². The first-order chi connectivity index (χ1) is 13.2. The predicted molar refractivity (Wildman–Crippen MR) is 104 cm³/mol. The first-order valence-electron chi connectivity index (χ1n) is 8.49. The Morgan fingerprint density at radius 3 is 2.74 bits per heavy atom. The van der Waals surface area contributed by atoms with Crippen molar-refractivity contribution in [2.45, 2.75) is 11.3 Å². The first-order valence-corrected chi connectivity index (χ1v) is 9.86. The lowest BCUT2D eigenvalue weighted by Gasteiger charge is -2.25. The molecule has 1 unspecified atom stereocenters. The number of nitrogens with zero attached hydrogens (tertiary/aromatic N) is 3. The van der Waals surface area contributed by atoms with Crippen molar-refractivity contribution in [3.05, 3.63) is 59.4 Å². The molecule has 27 heavy (non-hydrogen) atoms. The van der Waals surface area contributed by atoms with Crippen molar-refractivity contribution >= 4 is 23.4 Å². The van der Waals surface area contributed by atoms with E-state index in [2.05, 4.69) is 10.2 Å². The molecule has 0 radical (unpaired) electrons. The van der Waals surface area contributed by atoms with Crippen molar-refractivity contribution < 1.29 is 14.2 Å². The highest BCUT2D eigenvalue weighted by atomic mass is 35.5. The van der Waals surface area contributed by atoms with Crippen LogP contribution in [0.15, 0.2) is 53.7 Å². The number of hydrogen-bond acceptors (Lipinski definition) is 6. The molecule has 2 heterocycles. The second-order valence-electron chi connectivity index (χ2n) is 5.91. The summed E-state index contributed by atoms with van der Waals surface area (Å²) in [7, 11) is 1.93. The molecular weight excluding hydrogens is 386 g/mol. The molecule has 0 spiro atoms. The van der Waals surface area contributed by atoms with Gasteiger partial charge in [0.05, 0.1) is 6.61 Å². The molecule has 0 saturated heterocycles. The SMILES string of the molecule is Cn1c(SCCOc2ccc(Cl)cc2)nnc1C1COc2ccccc2O1. The van der Waals surface area contributed by atoms with Gasteiger partial charge in [0, 0.05) is 17.8 Å². The highest BCUT2D eigenvalue weighted by Gasteiger charge is 2.27. The minimum absolute atomic E-state index is 0.280. The molecule has 0 amide bonds. The molecule has 0 N–H and O–H groups in total. The zero-order valence-corrected chi connectivity index (χ0v) is 16.2. The Morgan fingerprint density at radius 1 is 1.15 bits per heavy atom. The minimum atomic E-state index is -0.280. The van der Waals surface area contributed by atoms with Gasteiger partial charge in [-0.3, -0.25) is 0 Å².